The number of carboxylic acid groups (broad SMARTS) is 9. The Kier molecular flexibility index (Phi) is 31.9. The van der Waals surface area contributed by atoms with Gasteiger partial charge in [-0.3, -0.25) is 28.8 Å². The van der Waals surface area contributed by atoms with E-state index < -0.39 is 116 Å². The lowest BCUT2D eigenvalue weighted by Crippen LogP contribution is -2.46. The SMILES string of the molecule is C=CC#N.N#CCCOC(CC(=O)O)(CC(=O)O)C(=O)O.N/C(CCOC(CC(=O)O)(CC(=O)O)C(=O)O)=N/O.NO.O=C(O)CC(O)(CC(=O)O)C(=O)O. The van der Waals surface area contributed by atoms with Gasteiger partial charge in [0.1, 0.15) is 5.84 Å². The van der Waals surface area contributed by atoms with Crippen molar-refractivity contribution in [3.63, 3.8) is 0 Å². The molecule has 0 unspecified atom stereocenters. The van der Waals surface area contributed by atoms with Crippen LogP contribution in [0.25, 0.3) is 0 Å². The zero-order chi connectivity index (χ0) is 44.6. The molecule has 0 bridgehead atoms. The fraction of sp³-hybridized carbons (Fsp3) is 0.481. The Hall–Kier alpha value is -6.98. The van der Waals surface area contributed by atoms with Crippen LogP contribution in [0.4, 0.5) is 0 Å². The van der Waals surface area contributed by atoms with Gasteiger partial charge in [-0.05, 0) is 0 Å². The fourth-order valence-electron chi connectivity index (χ4n) is 3.14. The maximum Gasteiger partial charge on any atom is 0.337 e. The summed E-state index contributed by atoms with van der Waals surface area (Å²) in [5.41, 5.74) is -2.35. The van der Waals surface area contributed by atoms with Crippen LogP contribution in [-0.2, 0) is 52.6 Å². The first-order valence-electron chi connectivity index (χ1n) is 13.9. The number of allylic oxidation sites excluding steroid dienone is 1. The van der Waals surface area contributed by atoms with Crippen molar-refractivity contribution in [3.8, 4) is 12.1 Å². The average molecular weight is 802 g/mol. The van der Waals surface area contributed by atoms with Crippen LogP contribution in [0.2, 0.25) is 0 Å². The molecule has 0 atom stereocenters. The van der Waals surface area contributed by atoms with Gasteiger partial charge in [-0.25, -0.2) is 20.3 Å². The maximum absolute atomic E-state index is 11.1. The second-order valence-corrected chi connectivity index (χ2v) is 9.64. The molecule has 310 valence electrons. The Labute approximate surface area is 307 Å². The highest BCUT2D eigenvalue weighted by atomic mass is 16.5. The van der Waals surface area contributed by atoms with Crippen molar-refractivity contribution in [2.45, 2.75) is 68.2 Å². The zero-order valence-corrected chi connectivity index (χ0v) is 28.2. The van der Waals surface area contributed by atoms with Gasteiger partial charge in [0.2, 0.25) is 0 Å². The number of hydrogen-bond acceptors (Lipinski definition) is 18. The van der Waals surface area contributed by atoms with E-state index in [1.807, 2.05) is 0 Å². The van der Waals surface area contributed by atoms with Crippen LogP contribution >= 0.6 is 0 Å². The molecule has 0 radical (unpaired) electrons. The Bertz CT molecular complexity index is 1400. The molecule has 0 saturated heterocycles. The summed E-state index contributed by atoms with van der Waals surface area (Å²) in [4.78, 5) is 94.8. The van der Waals surface area contributed by atoms with E-state index in [4.69, 9.17) is 87.2 Å². The second-order valence-electron chi connectivity index (χ2n) is 9.64. The fourth-order valence-corrected chi connectivity index (χ4v) is 3.14. The molecule has 0 aliphatic carbocycles. The molecular formula is C27H39N5O23. The van der Waals surface area contributed by atoms with Gasteiger partial charge in [0.25, 0.3) is 0 Å². The van der Waals surface area contributed by atoms with Crippen molar-refractivity contribution in [1.29, 1.82) is 10.5 Å². The molecule has 0 heterocycles. The molecule has 55 heavy (non-hydrogen) atoms. The summed E-state index contributed by atoms with van der Waals surface area (Å²) >= 11 is 0. The molecular weight excluding hydrogens is 762 g/mol. The van der Waals surface area contributed by atoms with Crippen molar-refractivity contribution in [3.05, 3.63) is 12.7 Å². The average Bonchev–Trinajstić information content (AvgIpc) is 3.04. The predicted molar refractivity (Wildman–Crippen MR) is 169 cm³/mol. The van der Waals surface area contributed by atoms with Gasteiger partial charge in [-0.2, -0.15) is 10.5 Å². The number of ether oxygens (including phenoxy) is 2. The minimum absolute atomic E-state index is 0.158. The van der Waals surface area contributed by atoms with Gasteiger partial charge in [0.05, 0.1) is 70.3 Å². The Morgan fingerprint density at radius 1 is 0.618 bits per heavy atom. The van der Waals surface area contributed by atoms with Crippen LogP contribution in [0.3, 0.4) is 0 Å². The first-order chi connectivity index (χ1) is 25.3. The van der Waals surface area contributed by atoms with Crippen LogP contribution in [0.5, 0.6) is 0 Å². The van der Waals surface area contributed by atoms with Gasteiger partial charge in [-0.1, -0.05) is 11.7 Å². The minimum atomic E-state index is -2.74. The first kappa shape index (κ1) is 57.4. The predicted octanol–water partition coefficient (Wildman–Crippen LogP) is -2.62. The molecule has 0 fully saturated rings. The molecule has 0 spiro atoms. The largest absolute Gasteiger partial charge is 0.481 e. The molecule has 0 aromatic heterocycles. The number of amidine groups is 1. The lowest BCUT2D eigenvalue weighted by molar-refractivity contribution is -0.178. The van der Waals surface area contributed by atoms with E-state index in [-0.39, 0.29) is 25.3 Å². The van der Waals surface area contributed by atoms with Crippen molar-refractivity contribution < 1.29 is 114 Å². The van der Waals surface area contributed by atoms with Crippen LogP contribution in [0.15, 0.2) is 17.8 Å². The summed E-state index contributed by atoms with van der Waals surface area (Å²) in [6, 6.07) is 3.37. The van der Waals surface area contributed by atoms with Gasteiger partial charge in [0, 0.05) is 12.5 Å². The minimum Gasteiger partial charge on any atom is -0.481 e. The van der Waals surface area contributed by atoms with Crippen LogP contribution in [-0.4, -0.2) is 151 Å². The third-order valence-corrected chi connectivity index (χ3v) is 5.36. The molecule has 16 N–H and O–H groups in total. The molecule has 0 saturated carbocycles. The Morgan fingerprint density at radius 2 is 0.909 bits per heavy atom. The topological polar surface area (TPSA) is 527 Å². The highest BCUT2D eigenvalue weighted by molar-refractivity contribution is 5.90. The van der Waals surface area contributed by atoms with Gasteiger partial charge in [-0.15, -0.1) is 0 Å². The van der Waals surface area contributed by atoms with E-state index in [0.29, 0.717) is 0 Å². The van der Waals surface area contributed by atoms with Crippen molar-refractivity contribution in [1.82, 2.24) is 0 Å². The molecule has 0 rings (SSSR count). The van der Waals surface area contributed by atoms with Crippen LogP contribution < -0.4 is 11.6 Å². The summed E-state index contributed by atoms with van der Waals surface area (Å²) in [6.07, 6.45) is -5.46. The summed E-state index contributed by atoms with van der Waals surface area (Å²) in [6.45, 7) is 2.37. The monoisotopic (exact) mass is 801 g/mol. The van der Waals surface area contributed by atoms with E-state index in [2.05, 4.69) is 17.6 Å². The van der Waals surface area contributed by atoms with Crippen LogP contribution in [0.1, 0.15) is 51.4 Å². The third kappa shape index (κ3) is 29.3. The van der Waals surface area contributed by atoms with Gasteiger partial charge in [0.15, 0.2) is 16.8 Å². The number of hydrogen-bond donors (Lipinski definition) is 14. The Balaban J connectivity index is -0.000000214. The normalized spacial score (nSPS) is 10.4. The number of oxime groups is 1. The molecule has 0 amide bonds. The summed E-state index contributed by atoms with van der Waals surface area (Å²) in [5.74, 6) is -11.2. The van der Waals surface area contributed by atoms with E-state index in [1.165, 1.54) is 6.08 Å². The van der Waals surface area contributed by atoms with Crippen molar-refractivity contribution in [2.24, 2.45) is 16.8 Å². The number of aliphatic hydroxyl groups is 1. The number of carbonyl (C=O) groups is 9. The Morgan fingerprint density at radius 3 is 1.11 bits per heavy atom. The van der Waals surface area contributed by atoms with E-state index in [0.717, 1.165) is 0 Å². The summed E-state index contributed by atoms with van der Waals surface area (Å²) in [5, 5.41) is 119. The summed E-state index contributed by atoms with van der Waals surface area (Å²) in [7, 11) is 0. The maximum atomic E-state index is 11.1. The second kappa shape index (κ2) is 30.6. The lowest BCUT2D eigenvalue weighted by atomic mass is 9.95. The number of nitrogens with zero attached hydrogens (tertiary/aromatic N) is 3. The molecule has 28 nitrogen and oxygen atoms in total. The van der Waals surface area contributed by atoms with E-state index >= 15 is 0 Å². The smallest absolute Gasteiger partial charge is 0.337 e. The molecule has 28 heteroatoms. The number of carboxylic acids is 9. The first-order valence-corrected chi connectivity index (χ1v) is 13.9. The molecule has 0 aromatic carbocycles. The highest BCUT2D eigenvalue weighted by Gasteiger charge is 2.45. The standard InChI is InChI=1S/C9H14N2O8.C9H11NO7.C6H8O7.C3H3N.H3NO/c10-5(11-18)1-2-19-9(8(16)17,3-6(12)13)4-7(14)15;10-2-1-3-17-9(8(15)16,4-6(11)12)5-7(13)14;7-3(8)1-6(13,5(11)12)2-4(9)10;1-2-3-4;1-2/h18H,1-4H2,(H2,10,11)(H,12,13)(H,14,15)(H,16,17);1,3-5H2,(H,11,12)(H,13,14)(H,15,16);13H,1-2H2,(H,7,8)(H,9,10)(H,11,12);2H,1H2;2H,1H2. The number of rotatable bonds is 22. The zero-order valence-electron chi connectivity index (χ0n) is 28.2. The highest BCUT2D eigenvalue weighted by Crippen LogP contribution is 2.23. The molecule has 0 aromatic rings. The molecule has 0 aliphatic rings. The van der Waals surface area contributed by atoms with Crippen molar-refractivity contribution >= 4 is 59.6 Å². The third-order valence-electron chi connectivity index (χ3n) is 5.36. The summed E-state index contributed by atoms with van der Waals surface area (Å²) < 4.78 is 9.62. The lowest BCUT2D eigenvalue weighted by Gasteiger charge is -2.26. The number of nitrogens with two attached hydrogens (primary N) is 2. The van der Waals surface area contributed by atoms with Gasteiger partial charge < -0.3 is 76.7 Å². The number of aliphatic carboxylic acids is 9. The van der Waals surface area contributed by atoms with Crippen LogP contribution in [0, 0.1) is 22.7 Å². The number of nitriles is 2. The molecule has 0 aliphatic heterocycles. The van der Waals surface area contributed by atoms with Gasteiger partial charge >= 0.3 is 53.7 Å². The quantitative estimate of drug-likeness (QED) is 0.0133. The van der Waals surface area contributed by atoms with Crippen molar-refractivity contribution in [2.75, 3.05) is 13.2 Å². The van der Waals surface area contributed by atoms with E-state index in [1.54, 1.807) is 12.1 Å². The van der Waals surface area contributed by atoms with E-state index in [9.17, 15) is 43.2 Å².